The fraction of sp³-hybridized carbons (Fsp3) is 0.478. The van der Waals surface area contributed by atoms with Gasteiger partial charge >= 0.3 is 0 Å². The zero-order valence-electron chi connectivity index (χ0n) is 18.4. The zero-order chi connectivity index (χ0) is 22.5. The number of benzene rings is 1. The molecule has 2 fully saturated rings. The summed E-state index contributed by atoms with van der Waals surface area (Å²) in [5.41, 5.74) is 3.06. The maximum atomic E-state index is 13.5. The van der Waals surface area contributed by atoms with Crippen molar-refractivity contribution in [2.24, 2.45) is 5.92 Å². The number of thiophene rings is 1. The number of likely N-dealkylation sites (tertiary alicyclic amines) is 1. The minimum Gasteiger partial charge on any atom is -0.340 e. The minimum absolute atomic E-state index is 0.0476. The van der Waals surface area contributed by atoms with Gasteiger partial charge in [-0.3, -0.25) is 4.79 Å². The van der Waals surface area contributed by atoms with Crippen molar-refractivity contribution in [3.63, 3.8) is 0 Å². The van der Waals surface area contributed by atoms with E-state index in [2.05, 4.69) is 11.1 Å². The van der Waals surface area contributed by atoms with Crippen molar-refractivity contribution < 1.29 is 13.2 Å². The molecule has 9 heteroatoms. The summed E-state index contributed by atoms with van der Waals surface area (Å²) >= 11 is 1.29. The lowest BCUT2D eigenvalue weighted by Crippen LogP contribution is -2.46. The highest BCUT2D eigenvalue weighted by atomic mass is 32.2. The molecule has 5 rings (SSSR count). The zero-order valence-corrected chi connectivity index (χ0v) is 20.0. The summed E-state index contributed by atoms with van der Waals surface area (Å²) in [6.45, 7) is 5.36. The second kappa shape index (κ2) is 8.28. The number of rotatable bonds is 4. The lowest BCUT2D eigenvalue weighted by atomic mass is 9.97. The molecule has 2 unspecified atom stereocenters. The van der Waals surface area contributed by atoms with E-state index in [-0.39, 0.29) is 24.4 Å². The maximum Gasteiger partial charge on any atom is 0.252 e. The van der Waals surface area contributed by atoms with Crippen LogP contribution < -0.4 is 0 Å². The molecule has 0 saturated carbocycles. The van der Waals surface area contributed by atoms with Gasteiger partial charge in [-0.2, -0.15) is 4.31 Å². The van der Waals surface area contributed by atoms with Gasteiger partial charge < -0.3 is 9.88 Å². The summed E-state index contributed by atoms with van der Waals surface area (Å²) in [7, 11) is -3.56. The van der Waals surface area contributed by atoms with Crippen LogP contribution in [0.2, 0.25) is 0 Å². The minimum atomic E-state index is -3.56. The molecule has 4 heterocycles. The Morgan fingerprint density at radius 2 is 1.94 bits per heavy atom. The number of sulfonamides is 1. The molecule has 2 aliphatic rings. The Labute approximate surface area is 192 Å². The topological polar surface area (TPSA) is 86.4 Å². The molecule has 1 aromatic carbocycles. The maximum absolute atomic E-state index is 13.5. The first-order valence-electron chi connectivity index (χ1n) is 11.2. The third-order valence-corrected chi connectivity index (χ3v) is 9.88. The quantitative estimate of drug-likeness (QED) is 0.622. The first-order chi connectivity index (χ1) is 15.3. The molecule has 2 saturated heterocycles. The number of aromatic amines is 1. The van der Waals surface area contributed by atoms with Crippen LogP contribution >= 0.6 is 11.3 Å². The van der Waals surface area contributed by atoms with Crippen molar-refractivity contribution in [2.45, 2.75) is 49.8 Å². The second-order valence-electron chi connectivity index (χ2n) is 8.90. The number of carbonyl (C=O) groups is 1. The van der Waals surface area contributed by atoms with Crippen molar-refractivity contribution in [3.8, 4) is 0 Å². The Morgan fingerprint density at radius 1 is 1.12 bits per heavy atom. The highest BCUT2D eigenvalue weighted by Gasteiger charge is 2.39. The number of H-pyrrole nitrogens is 1. The highest BCUT2D eigenvalue weighted by Crippen LogP contribution is 2.35. The van der Waals surface area contributed by atoms with Crippen LogP contribution in [0, 0.1) is 19.8 Å². The monoisotopic (exact) mass is 472 g/mol. The number of nitrogens with zero attached hydrogens (tertiary/aromatic N) is 3. The Bertz CT molecular complexity index is 1260. The third-order valence-electron chi connectivity index (χ3n) is 6.55. The van der Waals surface area contributed by atoms with E-state index in [1.165, 1.54) is 15.6 Å². The lowest BCUT2D eigenvalue weighted by Gasteiger charge is -2.34. The smallest absolute Gasteiger partial charge is 0.252 e. The number of amides is 1. The number of fused-ring (bicyclic) bond motifs is 1. The Balaban J connectivity index is 1.35. The highest BCUT2D eigenvalue weighted by molar-refractivity contribution is 7.91. The summed E-state index contributed by atoms with van der Waals surface area (Å²) < 4.78 is 28.1. The first-order valence-corrected chi connectivity index (χ1v) is 13.4. The summed E-state index contributed by atoms with van der Waals surface area (Å²) in [4.78, 5) is 24.6. The number of carbonyl (C=O) groups excluding carboxylic acids is 1. The molecule has 1 N–H and O–H groups in total. The SMILES string of the molecule is Cc1ccc2nc(C3CCCN3C(=O)C3CCCN(S(=O)(=O)c4ccc(C)s4)C3)[nH]c2c1. The standard InChI is InChI=1S/C23H28N4O3S2/c1-15-7-9-18-19(13-15)25-22(24-18)20-6-4-12-27(20)23(28)17-5-3-11-26(14-17)32(29,30)21-10-8-16(2)31-21/h7-10,13,17,20H,3-6,11-12,14H2,1-2H3,(H,24,25). The van der Waals surface area contributed by atoms with Crippen molar-refractivity contribution in [2.75, 3.05) is 19.6 Å². The van der Waals surface area contributed by atoms with E-state index in [9.17, 15) is 13.2 Å². The molecule has 0 spiro atoms. The van der Waals surface area contributed by atoms with E-state index in [0.29, 0.717) is 23.7 Å². The van der Waals surface area contributed by atoms with Crippen LogP contribution in [0.25, 0.3) is 11.0 Å². The largest absolute Gasteiger partial charge is 0.340 e. The van der Waals surface area contributed by atoms with Gasteiger partial charge in [0.05, 0.1) is 23.0 Å². The summed E-state index contributed by atoms with van der Waals surface area (Å²) in [5, 5.41) is 0. The number of hydrogen-bond donors (Lipinski definition) is 1. The number of hydrogen-bond acceptors (Lipinski definition) is 5. The van der Waals surface area contributed by atoms with Gasteiger partial charge in [0, 0.05) is 24.5 Å². The summed E-state index contributed by atoms with van der Waals surface area (Å²) in [6.07, 6.45) is 3.21. The normalized spacial score (nSPS) is 22.6. The van der Waals surface area contributed by atoms with Crippen LogP contribution in [0.3, 0.4) is 0 Å². The van der Waals surface area contributed by atoms with E-state index >= 15 is 0 Å². The van der Waals surface area contributed by atoms with Crippen molar-refractivity contribution in [1.29, 1.82) is 0 Å². The van der Waals surface area contributed by atoms with Gasteiger partial charge in [0.15, 0.2) is 0 Å². The molecule has 2 aliphatic heterocycles. The van der Waals surface area contributed by atoms with E-state index in [1.54, 1.807) is 6.07 Å². The molecule has 170 valence electrons. The number of piperidine rings is 1. The first kappa shape index (κ1) is 21.6. The van der Waals surface area contributed by atoms with Gasteiger partial charge in [0.2, 0.25) is 5.91 Å². The van der Waals surface area contributed by atoms with E-state index in [0.717, 1.165) is 46.6 Å². The molecule has 0 bridgehead atoms. The molecule has 0 aliphatic carbocycles. The molecule has 7 nitrogen and oxygen atoms in total. The number of aryl methyl sites for hydroxylation is 2. The van der Waals surface area contributed by atoms with Gasteiger partial charge in [-0.15, -0.1) is 11.3 Å². The number of aromatic nitrogens is 2. The molecule has 0 radical (unpaired) electrons. The summed E-state index contributed by atoms with van der Waals surface area (Å²) in [6, 6.07) is 9.53. The van der Waals surface area contributed by atoms with Crippen LogP contribution in [0.15, 0.2) is 34.5 Å². The lowest BCUT2D eigenvalue weighted by molar-refractivity contribution is -0.137. The third kappa shape index (κ3) is 3.86. The van der Waals surface area contributed by atoms with Crippen LogP contribution in [0.1, 0.15) is 48.0 Å². The summed E-state index contributed by atoms with van der Waals surface area (Å²) in [5.74, 6) is 0.559. The number of nitrogens with one attached hydrogen (secondary N) is 1. The Hall–Kier alpha value is -2.23. The van der Waals surface area contributed by atoms with Gasteiger partial charge in [-0.25, -0.2) is 13.4 Å². The molecule has 32 heavy (non-hydrogen) atoms. The van der Waals surface area contributed by atoms with Crippen molar-refractivity contribution >= 4 is 38.3 Å². The van der Waals surface area contributed by atoms with Crippen LogP contribution in [0.4, 0.5) is 0 Å². The fourth-order valence-corrected chi connectivity index (χ4v) is 7.85. The van der Waals surface area contributed by atoms with Crippen LogP contribution in [-0.4, -0.2) is 53.1 Å². The molecule has 1 amide bonds. The fourth-order valence-electron chi connectivity index (χ4n) is 4.89. The molecule has 2 atom stereocenters. The van der Waals surface area contributed by atoms with Gasteiger partial charge in [0.25, 0.3) is 10.0 Å². The van der Waals surface area contributed by atoms with Crippen LogP contribution in [0.5, 0.6) is 0 Å². The predicted molar refractivity (Wildman–Crippen MR) is 125 cm³/mol. The van der Waals surface area contributed by atoms with Gasteiger partial charge in [0.1, 0.15) is 10.0 Å². The van der Waals surface area contributed by atoms with E-state index < -0.39 is 10.0 Å². The molecule has 3 aromatic rings. The molecular weight excluding hydrogens is 444 g/mol. The van der Waals surface area contributed by atoms with Crippen LogP contribution in [-0.2, 0) is 14.8 Å². The van der Waals surface area contributed by atoms with E-state index in [1.807, 2.05) is 36.9 Å². The van der Waals surface area contributed by atoms with Crippen molar-refractivity contribution in [1.82, 2.24) is 19.2 Å². The Morgan fingerprint density at radius 3 is 2.72 bits per heavy atom. The molecule has 2 aromatic heterocycles. The number of imidazole rings is 1. The predicted octanol–water partition coefficient (Wildman–Crippen LogP) is 4.01. The van der Waals surface area contributed by atoms with E-state index in [4.69, 9.17) is 4.98 Å². The second-order valence-corrected chi connectivity index (χ2v) is 12.4. The average Bonchev–Trinajstić information content (AvgIpc) is 3.52. The average molecular weight is 473 g/mol. The van der Waals surface area contributed by atoms with Crippen molar-refractivity contribution in [3.05, 3.63) is 46.6 Å². The van der Waals surface area contributed by atoms with Gasteiger partial charge in [-0.1, -0.05) is 6.07 Å². The molecular formula is C23H28N4O3S2. The Kier molecular flexibility index (Phi) is 5.59. The van der Waals surface area contributed by atoms with Gasteiger partial charge in [-0.05, 0) is 69.4 Å².